The van der Waals surface area contributed by atoms with E-state index in [0.717, 1.165) is 70.6 Å². The maximum Gasteiger partial charge on any atom is 0.226 e. The van der Waals surface area contributed by atoms with Crippen molar-refractivity contribution in [3.63, 3.8) is 0 Å². The van der Waals surface area contributed by atoms with Crippen molar-refractivity contribution in [2.45, 2.75) is 25.8 Å². The molecule has 2 aromatic carbocycles. The maximum atomic E-state index is 13.3. The van der Waals surface area contributed by atoms with Gasteiger partial charge in [0.05, 0.1) is 11.6 Å². The Labute approximate surface area is 218 Å². The van der Waals surface area contributed by atoms with Crippen LogP contribution in [0.3, 0.4) is 0 Å². The number of hydrogen-bond donors (Lipinski definition) is 0. The first-order valence-electron chi connectivity index (χ1n) is 13.6. The second kappa shape index (κ2) is 10.3. The second-order valence-corrected chi connectivity index (χ2v) is 10.9. The van der Waals surface area contributed by atoms with Gasteiger partial charge in [0.1, 0.15) is 5.58 Å². The van der Waals surface area contributed by atoms with Gasteiger partial charge >= 0.3 is 0 Å². The highest BCUT2D eigenvalue weighted by atomic mass is 16.3. The van der Waals surface area contributed by atoms with Crippen LogP contribution in [0.15, 0.2) is 76.1 Å². The molecule has 1 spiro atoms. The van der Waals surface area contributed by atoms with Crippen LogP contribution in [0.4, 0.5) is 0 Å². The SMILES string of the molecule is O=C(C1CC12CCN(Cc1coc3ccccc3c1=O)CC2)N1CCN(C/C=C/c2ccccc2)CC1. The van der Waals surface area contributed by atoms with Crippen molar-refractivity contribution in [2.75, 3.05) is 45.8 Å². The molecule has 0 radical (unpaired) electrons. The van der Waals surface area contributed by atoms with E-state index in [4.69, 9.17) is 4.42 Å². The van der Waals surface area contributed by atoms with Gasteiger partial charge in [-0.25, -0.2) is 0 Å². The van der Waals surface area contributed by atoms with Crippen LogP contribution >= 0.6 is 0 Å². The van der Waals surface area contributed by atoms with E-state index in [2.05, 4.69) is 51.1 Å². The molecular weight excluding hydrogens is 462 g/mol. The number of fused-ring (bicyclic) bond motifs is 1. The molecule has 3 aromatic rings. The molecule has 2 aliphatic heterocycles. The van der Waals surface area contributed by atoms with E-state index < -0.39 is 0 Å². The normalized spacial score (nSPS) is 22.2. The molecule has 1 atom stereocenters. The largest absolute Gasteiger partial charge is 0.464 e. The van der Waals surface area contributed by atoms with Crippen LogP contribution in [0, 0.1) is 11.3 Å². The van der Waals surface area contributed by atoms with Crippen molar-refractivity contribution in [3.05, 3.63) is 88.3 Å². The van der Waals surface area contributed by atoms with Crippen molar-refractivity contribution in [1.82, 2.24) is 14.7 Å². The van der Waals surface area contributed by atoms with Crippen molar-refractivity contribution in [3.8, 4) is 0 Å². The van der Waals surface area contributed by atoms with E-state index >= 15 is 0 Å². The van der Waals surface area contributed by atoms with Gasteiger partial charge < -0.3 is 9.32 Å². The minimum Gasteiger partial charge on any atom is -0.464 e. The highest BCUT2D eigenvalue weighted by Crippen LogP contribution is 2.60. The summed E-state index contributed by atoms with van der Waals surface area (Å²) in [5, 5.41) is 0.647. The lowest BCUT2D eigenvalue weighted by molar-refractivity contribution is -0.135. The zero-order valence-electron chi connectivity index (χ0n) is 21.4. The van der Waals surface area contributed by atoms with E-state index in [9.17, 15) is 9.59 Å². The molecule has 0 N–H and O–H groups in total. The summed E-state index contributed by atoms with van der Waals surface area (Å²) >= 11 is 0. The smallest absolute Gasteiger partial charge is 0.226 e. The van der Waals surface area contributed by atoms with Gasteiger partial charge in [-0.3, -0.25) is 19.4 Å². The van der Waals surface area contributed by atoms with Crippen molar-refractivity contribution in [2.24, 2.45) is 11.3 Å². The van der Waals surface area contributed by atoms with Crippen LogP contribution in [0.25, 0.3) is 17.0 Å². The Balaban J connectivity index is 0.968. The Morgan fingerprint density at radius 2 is 1.65 bits per heavy atom. The highest BCUT2D eigenvalue weighted by Gasteiger charge is 2.59. The van der Waals surface area contributed by atoms with E-state index in [1.165, 1.54) is 5.56 Å². The molecule has 3 aliphatic rings. The molecule has 192 valence electrons. The van der Waals surface area contributed by atoms with E-state index in [-0.39, 0.29) is 16.8 Å². The predicted molar refractivity (Wildman–Crippen MR) is 146 cm³/mol. The van der Waals surface area contributed by atoms with Crippen LogP contribution < -0.4 is 5.43 Å². The summed E-state index contributed by atoms with van der Waals surface area (Å²) in [5.41, 5.74) is 2.82. The number of amides is 1. The molecule has 6 heteroatoms. The number of nitrogens with zero attached hydrogens (tertiary/aromatic N) is 3. The molecule has 6 rings (SSSR count). The minimum absolute atomic E-state index is 0.0660. The number of carbonyl (C=O) groups excluding carboxylic acids is 1. The number of rotatable bonds is 6. The van der Waals surface area contributed by atoms with Crippen molar-refractivity contribution >= 4 is 23.0 Å². The quantitative estimate of drug-likeness (QED) is 0.510. The zero-order chi connectivity index (χ0) is 25.2. The molecule has 3 fully saturated rings. The average molecular weight is 498 g/mol. The highest BCUT2D eigenvalue weighted by molar-refractivity contribution is 5.83. The zero-order valence-corrected chi connectivity index (χ0v) is 21.4. The number of piperazine rings is 1. The van der Waals surface area contributed by atoms with Gasteiger partial charge in [0, 0.05) is 50.7 Å². The lowest BCUT2D eigenvalue weighted by atomic mass is 9.90. The molecular formula is C31H35N3O3. The Bertz CT molecular complexity index is 1330. The summed E-state index contributed by atoms with van der Waals surface area (Å²) in [4.78, 5) is 33.0. The molecule has 3 heterocycles. The fraction of sp³-hybridized carbons (Fsp3) is 0.419. The molecule has 1 amide bonds. The summed E-state index contributed by atoms with van der Waals surface area (Å²) in [6, 6.07) is 17.8. The fourth-order valence-corrected chi connectivity index (χ4v) is 6.15. The maximum absolute atomic E-state index is 13.3. The molecule has 37 heavy (non-hydrogen) atoms. The van der Waals surface area contributed by atoms with Gasteiger partial charge in [-0.15, -0.1) is 0 Å². The summed E-state index contributed by atoms with van der Waals surface area (Å²) in [5.74, 6) is 0.549. The van der Waals surface area contributed by atoms with Crippen LogP contribution in [-0.2, 0) is 11.3 Å². The Hall–Kier alpha value is -3.22. The van der Waals surface area contributed by atoms with Crippen LogP contribution in [0.1, 0.15) is 30.4 Å². The number of para-hydroxylation sites is 1. The number of likely N-dealkylation sites (tertiary alicyclic amines) is 1. The molecule has 6 nitrogen and oxygen atoms in total. The number of carbonyl (C=O) groups is 1. The minimum atomic E-state index is 0.0660. The van der Waals surface area contributed by atoms with Gasteiger partial charge in [0.25, 0.3) is 0 Å². The number of piperidine rings is 1. The molecule has 1 aliphatic carbocycles. The molecule has 1 saturated carbocycles. The van der Waals surface area contributed by atoms with Gasteiger partial charge in [0.15, 0.2) is 5.43 Å². The van der Waals surface area contributed by atoms with E-state index in [0.29, 0.717) is 23.4 Å². The van der Waals surface area contributed by atoms with Gasteiger partial charge in [-0.1, -0.05) is 54.6 Å². The molecule has 1 unspecified atom stereocenters. The first kappa shape index (κ1) is 24.1. The van der Waals surface area contributed by atoms with Crippen molar-refractivity contribution in [1.29, 1.82) is 0 Å². The summed E-state index contributed by atoms with van der Waals surface area (Å²) in [6.07, 6.45) is 9.11. The average Bonchev–Trinajstić information content (AvgIpc) is 3.65. The number of hydrogen-bond acceptors (Lipinski definition) is 5. The van der Waals surface area contributed by atoms with Gasteiger partial charge in [-0.2, -0.15) is 0 Å². The fourth-order valence-electron chi connectivity index (χ4n) is 6.15. The third-order valence-corrected chi connectivity index (χ3v) is 8.64. The second-order valence-electron chi connectivity index (χ2n) is 10.9. The van der Waals surface area contributed by atoms with Gasteiger partial charge in [-0.05, 0) is 55.5 Å². The topological polar surface area (TPSA) is 57.0 Å². The van der Waals surface area contributed by atoms with Crippen molar-refractivity contribution < 1.29 is 9.21 Å². The Morgan fingerprint density at radius 1 is 0.919 bits per heavy atom. The predicted octanol–water partition coefficient (Wildman–Crippen LogP) is 4.25. The Kier molecular flexibility index (Phi) is 6.70. The number of benzene rings is 2. The van der Waals surface area contributed by atoms with E-state index in [1.54, 1.807) is 6.26 Å². The van der Waals surface area contributed by atoms with Crippen LogP contribution in [0.5, 0.6) is 0 Å². The monoisotopic (exact) mass is 497 g/mol. The lowest BCUT2D eigenvalue weighted by Gasteiger charge is -2.36. The molecule has 0 bridgehead atoms. The summed E-state index contributed by atoms with van der Waals surface area (Å²) in [7, 11) is 0. The standard InChI is InChI=1S/C31H35N3O3/c35-29-25(23-37-28-11-5-4-10-26(28)29)22-33-15-12-31(13-16-33)21-27(31)30(36)34-19-17-32(18-20-34)14-6-9-24-7-2-1-3-8-24/h1-11,23,27H,12-22H2/b9-6+. The molecule has 1 aromatic heterocycles. The van der Waals surface area contributed by atoms with Crippen LogP contribution in [0.2, 0.25) is 0 Å². The third-order valence-electron chi connectivity index (χ3n) is 8.64. The lowest BCUT2D eigenvalue weighted by Crippen LogP contribution is -2.49. The van der Waals surface area contributed by atoms with Crippen LogP contribution in [-0.4, -0.2) is 66.4 Å². The van der Waals surface area contributed by atoms with Gasteiger partial charge in [0.2, 0.25) is 5.91 Å². The first-order valence-corrected chi connectivity index (χ1v) is 13.6. The summed E-state index contributed by atoms with van der Waals surface area (Å²) in [6.45, 7) is 6.93. The first-order chi connectivity index (χ1) is 18.1. The summed E-state index contributed by atoms with van der Waals surface area (Å²) < 4.78 is 5.70. The van der Waals surface area contributed by atoms with E-state index in [1.807, 2.05) is 30.3 Å². The third kappa shape index (κ3) is 5.13. The Morgan fingerprint density at radius 3 is 2.43 bits per heavy atom. The molecule has 2 saturated heterocycles.